The van der Waals surface area contributed by atoms with E-state index in [0.29, 0.717) is 6.73 Å². The Morgan fingerprint density at radius 3 is 2.81 bits per heavy atom. The summed E-state index contributed by atoms with van der Waals surface area (Å²) in [5.41, 5.74) is 1.88. The third-order valence-corrected chi connectivity index (χ3v) is 4.76. The molecular weight excluding hydrogens is 330 g/mol. The molecule has 1 amide bonds. The summed E-state index contributed by atoms with van der Waals surface area (Å²) in [6.45, 7) is 2.25. The van der Waals surface area contributed by atoms with E-state index in [4.69, 9.17) is 9.47 Å². The van der Waals surface area contributed by atoms with Gasteiger partial charge in [0.05, 0.1) is 12.2 Å². The number of rotatable bonds is 5. The number of hydrogen-bond acceptors (Lipinski definition) is 5. The van der Waals surface area contributed by atoms with E-state index < -0.39 is 0 Å². The molecule has 6 nitrogen and oxygen atoms in total. The van der Waals surface area contributed by atoms with Gasteiger partial charge in [0.1, 0.15) is 17.6 Å². The van der Waals surface area contributed by atoms with Crippen molar-refractivity contribution in [2.24, 2.45) is 0 Å². The average Bonchev–Trinajstić information content (AvgIpc) is 3.15. The number of anilines is 2. The van der Waals surface area contributed by atoms with Crippen LogP contribution in [0.15, 0.2) is 48.5 Å². The Hall–Kier alpha value is -2.89. The third-order valence-electron chi connectivity index (χ3n) is 4.76. The first kappa shape index (κ1) is 16.6. The Kier molecular flexibility index (Phi) is 4.82. The Balaban J connectivity index is 1.23. The zero-order valence-corrected chi connectivity index (χ0v) is 14.6. The van der Waals surface area contributed by atoms with Gasteiger partial charge in [0, 0.05) is 37.7 Å². The summed E-state index contributed by atoms with van der Waals surface area (Å²) in [4.78, 5) is 14.4. The van der Waals surface area contributed by atoms with E-state index in [9.17, 15) is 4.79 Å². The molecule has 4 rings (SSSR count). The van der Waals surface area contributed by atoms with Crippen LogP contribution in [0.25, 0.3) is 0 Å². The van der Waals surface area contributed by atoms with Gasteiger partial charge in [-0.25, -0.2) is 0 Å². The lowest BCUT2D eigenvalue weighted by molar-refractivity contribution is -0.131. The summed E-state index contributed by atoms with van der Waals surface area (Å²) in [5.74, 6) is 1.83. The second-order valence-corrected chi connectivity index (χ2v) is 6.54. The quantitative estimate of drug-likeness (QED) is 0.865. The molecule has 0 radical (unpaired) electrons. The fourth-order valence-corrected chi connectivity index (χ4v) is 3.29. The fourth-order valence-electron chi connectivity index (χ4n) is 3.29. The monoisotopic (exact) mass is 353 g/mol. The Morgan fingerprint density at radius 2 is 2.00 bits per heavy atom. The van der Waals surface area contributed by atoms with E-state index in [0.717, 1.165) is 48.8 Å². The number of carbonyl (C=O) groups is 1. The molecule has 2 aromatic carbocycles. The summed E-state index contributed by atoms with van der Waals surface area (Å²) < 4.78 is 11.4. The summed E-state index contributed by atoms with van der Waals surface area (Å²) in [6.07, 6.45) is 1.90. The third kappa shape index (κ3) is 3.85. The molecule has 0 aliphatic carbocycles. The first-order valence-corrected chi connectivity index (χ1v) is 9.02. The van der Waals surface area contributed by atoms with Gasteiger partial charge in [-0.1, -0.05) is 18.2 Å². The highest BCUT2D eigenvalue weighted by Crippen LogP contribution is 2.31. The van der Waals surface area contributed by atoms with Gasteiger partial charge in [-0.15, -0.1) is 0 Å². The van der Waals surface area contributed by atoms with Crippen molar-refractivity contribution in [3.05, 3.63) is 48.5 Å². The van der Waals surface area contributed by atoms with Crippen LogP contribution in [0, 0.1) is 0 Å². The maximum Gasteiger partial charge on any atom is 0.241 e. The first-order valence-electron chi connectivity index (χ1n) is 9.02. The van der Waals surface area contributed by atoms with Crippen molar-refractivity contribution < 1.29 is 14.3 Å². The van der Waals surface area contributed by atoms with E-state index >= 15 is 0 Å². The van der Waals surface area contributed by atoms with Gasteiger partial charge in [-0.05, 0) is 24.3 Å². The minimum atomic E-state index is 0.114. The Labute approximate surface area is 153 Å². The molecule has 6 heteroatoms. The molecule has 136 valence electrons. The molecule has 1 fully saturated rings. The largest absolute Gasteiger partial charge is 0.490 e. The van der Waals surface area contributed by atoms with Gasteiger partial charge in [-0.3, -0.25) is 4.79 Å². The number of amides is 1. The van der Waals surface area contributed by atoms with Crippen molar-refractivity contribution in [1.29, 1.82) is 0 Å². The normalized spacial score (nSPS) is 16.4. The van der Waals surface area contributed by atoms with Crippen molar-refractivity contribution in [2.45, 2.75) is 18.9 Å². The Morgan fingerprint density at radius 1 is 1.19 bits per heavy atom. The standard InChI is InChI=1S/C20H23N3O3/c24-20(13-21-15-6-7-18-19(12-15)25-14-22-18)23-10-8-17(9-11-23)26-16-4-2-1-3-5-16/h1-7,12,17,21-22H,8-11,13-14H2. The second-order valence-electron chi connectivity index (χ2n) is 6.54. The van der Waals surface area contributed by atoms with Crippen LogP contribution in [0.4, 0.5) is 11.4 Å². The number of hydrogen-bond donors (Lipinski definition) is 2. The number of fused-ring (bicyclic) bond motifs is 1. The number of likely N-dealkylation sites (tertiary alicyclic amines) is 1. The lowest BCUT2D eigenvalue weighted by Gasteiger charge is -2.32. The molecule has 2 aliphatic heterocycles. The maximum atomic E-state index is 12.4. The van der Waals surface area contributed by atoms with Gasteiger partial charge < -0.3 is 25.0 Å². The van der Waals surface area contributed by atoms with Crippen molar-refractivity contribution >= 4 is 17.3 Å². The summed E-state index contributed by atoms with van der Waals surface area (Å²) in [6, 6.07) is 15.7. The van der Waals surface area contributed by atoms with Crippen LogP contribution in [0.3, 0.4) is 0 Å². The van der Waals surface area contributed by atoms with Crippen molar-refractivity contribution in [3.8, 4) is 11.5 Å². The second kappa shape index (κ2) is 7.56. The first-order chi connectivity index (χ1) is 12.8. The topological polar surface area (TPSA) is 62.8 Å². The number of nitrogens with zero attached hydrogens (tertiary/aromatic N) is 1. The number of ether oxygens (including phenoxy) is 2. The molecule has 2 aromatic rings. The van der Waals surface area contributed by atoms with E-state index in [1.165, 1.54) is 0 Å². The van der Waals surface area contributed by atoms with Crippen LogP contribution in [-0.4, -0.2) is 43.3 Å². The molecule has 2 heterocycles. The van der Waals surface area contributed by atoms with Crippen molar-refractivity contribution in [1.82, 2.24) is 4.90 Å². The molecule has 0 atom stereocenters. The molecule has 1 saturated heterocycles. The molecule has 0 unspecified atom stereocenters. The number of piperidine rings is 1. The minimum Gasteiger partial charge on any atom is -0.490 e. The molecule has 0 aromatic heterocycles. The van der Waals surface area contributed by atoms with Crippen molar-refractivity contribution in [3.63, 3.8) is 0 Å². The predicted octanol–water partition coefficient (Wildman–Crippen LogP) is 2.93. The zero-order chi connectivity index (χ0) is 17.8. The smallest absolute Gasteiger partial charge is 0.241 e. The molecular formula is C20H23N3O3. The number of benzene rings is 2. The van der Waals surface area contributed by atoms with E-state index in [1.54, 1.807) is 0 Å². The predicted molar refractivity (Wildman–Crippen MR) is 101 cm³/mol. The molecule has 26 heavy (non-hydrogen) atoms. The van der Waals surface area contributed by atoms with Crippen LogP contribution in [0.1, 0.15) is 12.8 Å². The molecule has 2 aliphatic rings. The zero-order valence-electron chi connectivity index (χ0n) is 14.6. The van der Waals surface area contributed by atoms with Gasteiger partial charge in [0.2, 0.25) is 5.91 Å². The van der Waals surface area contributed by atoms with Gasteiger partial charge >= 0.3 is 0 Å². The number of para-hydroxylation sites is 1. The van der Waals surface area contributed by atoms with Crippen molar-refractivity contribution in [2.75, 3.05) is 37.0 Å². The van der Waals surface area contributed by atoms with Crippen LogP contribution in [0.5, 0.6) is 11.5 Å². The summed E-state index contributed by atoms with van der Waals surface area (Å²) in [7, 11) is 0. The van der Waals surface area contributed by atoms with Crippen LogP contribution < -0.4 is 20.1 Å². The molecule has 2 N–H and O–H groups in total. The number of nitrogens with one attached hydrogen (secondary N) is 2. The maximum absolute atomic E-state index is 12.4. The van der Waals surface area contributed by atoms with Crippen LogP contribution in [0.2, 0.25) is 0 Å². The highest BCUT2D eigenvalue weighted by atomic mass is 16.5. The summed E-state index contributed by atoms with van der Waals surface area (Å²) >= 11 is 0. The molecule has 0 saturated carbocycles. The molecule has 0 spiro atoms. The van der Waals surface area contributed by atoms with Gasteiger partial charge in [0.15, 0.2) is 6.73 Å². The summed E-state index contributed by atoms with van der Waals surface area (Å²) in [5, 5.41) is 6.32. The highest BCUT2D eigenvalue weighted by Gasteiger charge is 2.23. The van der Waals surface area contributed by atoms with Gasteiger partial charge in [0.25, 0.3) is 0 Å². The highest BCUT2D eigenvalue weighted by molar-refractivity contribution is 5.81. The lowest BCUT2D eigenvalue weighted by atomic mass is 10.1. The minimum absolute atomic E-state index is 0.114. The number of carbonyl (C=O) groups excluding carboxylic acids is 1. The lowest BCUT2D eigenvalue weighted by Crippen LogP contribution is -2.44. The average molecular weight is 353 g/mol. The fraction of sp³-hybridized carbons (Fsp3) is 0.350. The van der Waals surface area contributed by atoms with E-state index in [1.807, 2.05) is 53.4 Å². The van der Waals surface area contributed by atoms with E-state index in [-0.39, 0.29) is 18.6 Å². The van der Waals surface area contributed by atoms with Gasteiger partial charge in [-0.2, -0.15) is 0 Å². The van der Waals surface area contributed by atoms with E-state index in [2.05, 4.69) is 10.6 Å². The Bertz CT molecular complexity index is 758. The SMILES string of the molecule is O=C(CNc1ccc2c(c1)OCN2)N1CCC(Oc2ccccc2)CC1. The molecule has 0 bridgehead atoms. The van der Waals surface area contributed by atoms with Crippen LogP contribution >= 0.6 is 0 Å². The van der Waals surface area contributed by atoms with Crippen LogP contribution in [-0.2, 0) is 4.79 Å².